The van der Waals surface area contributed by atoms with E-state index in [1.54, 1.807) is 11.6 Å². The molecule has 0 radical (unpaired) electrons. The zero-order valence-electron chi connectivity index (χ0n) is 11.3. The molecule has 1 aromatic carbocycles. The molecule has 2 aliphatic heterocycles. The van der Waals surface area contributed by atoms with Crippen LogP contribution in [0.1, 0.15) is 11.1 Å². The Labute approximate surface area is 113 Å². The summed E-state index contributed by atoms with van der Waals surface area (Å²) in [4.78, 5) is 31.7. The first-order valence-corrected chi connectivity index (χ1v) is 6.06. The zero-order chi connectivity index (χ0) is 14.6. The van der Waals surface area contributed by atoms with Crippen LogP contribution in [0.3, 0.4) is 0 Å². The molecule has 0 spiro atoms. The van der Waals surface area contributed by atoms with Crippen LogP contribution >= 0.6 is 0 Å². The molecular weight excluding hydrogens is 258 g/mol. The zero-order valence-corrected chi connectivity index (χ0v) is 11.3. The van der Waals surface area contributed by atoms with Crippen LogP contribution in [0.4, 0.5) is 0 Å². The first kappa shape index (κ1) is 12.3. The van der Waals surface area contributed by atoms with E-state index in [1.165, 1.54) is 0 Å². The fraction of sp³-hybridized carbons (Fsp3) is 0.231. The summed E-state index contributed by atoms with van der Waals surface area (Å²) in [5.74, 6) is 5.61. The van der Waals surface area contributed by atoms with Crippen molar-refractivity contribution >= 4 is 11.0 Å². The maximum absolute atomic E-state index is 12.0. The van der Waals surface area contributed by atoms with Crippen LogP contribution in [0.2, 0.25) is 0 Å². The largest absolute Gasteiger partial charge is 0.371 e. The number of hydrogen-bond donors (Lipinski definition) is 1. The number of nitrogens with two attached hydrogens (primary N) is 1. The topological polar surface area (TPSA) is 95.8 Å². The van der Waals surface area contributed by atoms with Crippen LogP contribution in [-0.2, 0) is 7.05 Å². The van der Waals surface area contributed by atoms with Crippen molar-refractivity contribution in [3.05, 3.63) is 44.1 Å². The average molecular weight is 271 g/mol. The van der Waals surface area contributed by atoms with Crippen LogP contribution in [0.5, 0.6) is 0 Å². The summed E-state index contributed by atoms with van der Waals surface area (Å²) in [5, 5.41) is 0. The normalized spacial score (nSPS) is 11.3. The third kappa shape index (κ3) is 1.52. The maximum atomic E-state index is 12.0. The van der Waals surface area contributed by atoms with Crippen molar-refractivity contribution in [1.29, 1.82) is 0 Å². The van der Waals surface area contributed by atoms with Gasteiger partial charge in [0, 0.05) is 7.05 Å². The molecule has 2 N–H and O–H groups in total. The lowest BCUT2D eigenvalue weighted by molar-refractivity contribution is 0.789. The van der Waals surface area contributed by atoms with E-state index in [0.717, 1.165) is 16.6 Å². The molecule has 102 valence electrons. The molecule has 0 saturated carbocycles. The molecule has 3 rings (SSSR count). The van der Waals surface area contributed by atoms with E-state index in [9.17, 15) is 9.59 Å². The molecule has 0 bridgehead atoms. The van der Waals surface area contributed by atoms with Gasteiger partial charge < -0.3 is 10.4 Å². The molecule has 0 saturated heterocycles. The molecule has 0 unspecified atom stereocenters. The lowest BCUT2D eigenvalue weighted by atomic mass is 10.1. The van der Waals surface area contributed by atoms with Gasteiger partial charge in [-0.25, -0.2) is 9.78 Å². The fourth-order valence-corrected chi connectivity index (χ4v) is 2.20. The number of nitrogen functional groups attached to an aromatic ring is 1. The van der Waals surface area contributed by atoms with E-state index < -0.39 is 11.2 Å². The number of rotatable bonds is 0. The van der Waals surface area contributed by atoms with Crippen molar-refractivity contribution < 1.29 is 0 Å². The summed E-state index contributed by atoms with van der Waals surface area (Å²) in [7, 11) is 1.74. The second-order valence-corrected chi connectivity index (χ2v) is 4.84. The SMILES string of the molecule is Cc1cc2nc3c(=O)n(N)c(=O)nc-3n(C)c2cc1C. The minimum Gasteiger partial charge on any atom is -0.332 e. The summed E-state index contributed by atoms with van der Waals surface area (Å²) >= 11 is 0. The Morgan fingerprint density at radius 2 is 1.75 bits per heavy atom. The Kier molecular flexibility index (Phi) is 2.40. The van der Waals surface area contributed by atoms with Crippen molar-refractivity contribution in [3.8, 4) is 11.5 Å². The van der Waals surface area contributed by atoms with Crippen LogP contribution in [0, 0.1) is 13.8 Å². The van der Waals surface area contributed by atoms with Gasteiger partial charge >= 0.3 is 11.2 Å². The van der Waals surface area contributed by atoms with E-state index in [4.69, 9.17) is 5.84 Å². The lowest BCUT2D eigenvalue weighted by Crippen LogP contribution is -2.43. The van der Waals surface area contributed by atoms with Gasteiger partial charge in [0.1, 0.15) is 0 Å². The van der Waals surface area contributed by atoms with Gasteiger partial charge in [0.25, 0.3) is 0 Å². The first-order chi connectivity index (χ1) is 9.40. The van der Waals surface area contributed by atoms with Gasteiger partial charge in [0.05, 0.1) is 11.0 Å². The molecule has 0 atom stereocenters. The Hall–Kier alpha value is -2.70. The third-order valence-corrected chi connectivity index (χ3v) is 3.54. The summed E-state index contributed by atoms with van der Waals surface area (Å²) in [6.45, 7) is 3.96. The minimum atomic E-state index is -0.789. The van der Waals surface area contributed by atoms with E-state index in [0.29, 0.717) is 10.2 Å². The van der Waals surface area contributed by atoms with Crippen molar-refractivity contribution in [2.45, 2.75) is 13.8 Å². The number of benzene rings is 1. The molecule has 0 aliphatic carbocycles. The quantitative estimate of drug-likeness (QED) is 0.456. The summed E-state index contributed by atoms with van der Waals surface area (Å²) in [6, 6.07) is 3.85. The molecule has 2 aliphatic rings. The maximum Gasteiger partial charge on any atom is 0.371 e. The highest BCUT2D eigenvalue weighted by Gasteiger charge is 2.19. The van der Waals surface area contributed by atoms with Crippen molar-refractivity contribution in [2.24, 2.45) is 7.05 Å². The third-order valence-electron chi connectivity index (χ3n) is 3.54. The monoisotopic (exact) mass is 271 g/mol. The summed E-state index contributed by atoms with van der Waals surface area (Å²) in [6.07, 6.45) is 0. The second kappa shape index (κ2) is 3.89. The van der Waals surface area contributed by atoms with E-state index >= 15 is 0 Å². The second-order valence-electron chi connectivity index (χ2n) is 4.84. The van der Waals surface area contributed by atoms with Gasteiger partial charge in [-0.05, 0) is 37.1 Å². The van der Waals surface area contributed by atoms with Gasteiger partial charge in [-0.3, -0.25) is 4.79 Å². The predicted octanol–water partition coefficient (Wildman–Crippen LogP) is -0.0744. The van der Waals surface area contributed by atoms with Gasteiger partial charge in [-0.15, -0.1) is 0 Å². The fourth-order valence-electron chi connectivity index (χ4n) is 2.20. The van der Waals surface area contributed by atoms with Crippen LogP contribution in [-0.4, -0.2) is 19.2 Å². The number of aromatic nitrogens is 4. The molecule has 0 fully saturated rings. The van der Waals surface area contributed by atoms with Gasteiger partial charge in [0.2, 0.25) is 0 Å². The predicted molar refractivity (Wildman–Crippen MR) is 75.3 cm³/mol. The number of hydrogen-bond acceptors (Lipinski definition) is 5. The van der Waals surface area contributed by atoms with Crippen molar-refractivity contribution in [2.75, 3.05) is 5.84 Å². The Morgan fingerprint density at radius 1 is 1.10 bits per heavy atom. The van der Waals surface area contributed by atoms with E-state index in [2.05, 4.69) is 9.97 Å². The Balaban J connectivity index is 2.61. The Bertz CT molecular complexity index is 938. The van der Waals surface area contributed by atoms with E-state index in [-0.39, 0.29) is 11.5 Å². The summed E-state index contributed by atoms with van der Waals surface area (Å²) < 4.78 is 2.16. The standard InChI is InChI=1S/C13H13N5O2/c1-6-4-8-9(5-7(6)2)17(3)11-10(15-8)12(19)18(14)13(20)16-11/h4-5H,14H2,1-3H3. The molecule has 1 aromatic rings. The molecule has 7 heteroatoms. The molecule has 7 nitrogen and oxygen atoms in total. The number of nitrogens with zero attached hydrogens (tertiary/aromatic N) is 4. The highest BCUT2D eigenvalue weighted by molar-refractivity contribution is 5.80. The highest BCUT2D eigenvalue weighted by atomic mass is 16.2. The molecule has 2 heterocycles. The smallest absolute Gasteiger partial charge is 0.332 e. The summed E-state index contributed by atoms with van der Waals surface area (Å²) in [5.41, 5.74) is 2.31. The van der Waals surface area contributed by atoms with Gasteiger partial charge in [-0.2, -0.15) is 9.66 Å². The highest BCUT2D eigenvalue weighted by Crippen LogP contribution is 2.22. The molecule has 20 heavy (non-hydrogen) atoms. The molecule has 0 amide bonds. The van der Waals surface area contributed by atoms with Crippen LogP contribution in [0.15, 0.2) is 21.7 Å². The van der Waals surface area contributed by atoms with E-state index in [1.807, 2.05) is 26.0 Å². The van der Waals surface area contributed by atoms with Gasteiger partial charge in [-0.1, -0.05) is 0 Å². The average Bonchev–Trinajstić information content (AvgIpc) is 2.41. The van der Waals surface area contributed by atoms with Crippen molar-refractivity contribution in [1.82, 2.24) is 19.2 Å². The number of fused-ring (bicyclic) bond motifs is 2. The van der Waals surface area contributed by atoms with Crippen molar-refractivity contribution in [3.63, 3.8) is 0 Å². The minimum absolute atomic E-state index is 0.0883. The first-order valence-electron chi connectivity index (χ1n) is 6.06. The lowest BCUT2D eigenvalue weighted by Gasteiger charge is -2.14. The number of aryl methyl sites for hydroxylation is 3. The van der Waals surface area contributed by atoms with Crippen LogP contribution < -0.4 is 17.1 Å². The van der Waals surface area contributed by atoms with Crippen LogP contribution in [0.25, 0.3) is 22.6 Å². The Morgan fingerprint density at radius 3 is 2.45 bits per heavy atom. The molecule has 0 aromatic heterocycles. The van der Waals surface area contributed by atoms with Gasteiger partial charge in [0.15, 0.2) is 11.5 Å². The molecular formula is C13H13N5O2.